The maximum Gasteiger partial charge on any atom is 0.452 e. The summed E-state index contributed by atoms with van der Waals surface area (Å²) in [6, 6.07) is 7.04. The molecule has 0 aliphatic carbocycles. The first kappa shape index (κ1) is 33.5. The summed E-state index contributed by atoms with van der Waals surface area (Å²) in [4.78, 5) is 39.4. The lowest BCUT2D eigenvalue weighted by molar-refractivity contribution is -0.175. The molecule has 1 N–H and O–H groups in total. The molecule has 1 unspecified atom stereocenters. The molecular formula is C27H29Cl2F3N2O7S. The van der Waals surface area contributed by atoms with E-state index in [1.54, 1.807) is 24.3 Å². The standard InChI is InChI=1S/C27H29Cl2F3N2O7S/c1-15(2)24(25(36)27(30,31)32)33-26(37)22-11-21(42(38,39)14-16-4-6-19(40-3)7-5-16)12-34(22)23(35)13-41-20-9-17(28)8-18(29)10-20/h4-10,15,21-22,24H,11-14H2,1-3H3,(H,33,37)/t21-,22+,24?/m1/s1. The van der Waals surface area contributed by atoms with E-state index in [9.17, 15) is 36.0 Å². The monoisotopic (exact) mass is 652 g/mol. The van der Waals surface area contributed by atoms with E-state index in [-0.39, 0.29) is 15.8 Å². The Bertz CT molecular complexity index is 1400. The maximum atomic E-state index is 13.4. The van der Waals surface area contributed by atoms with Gasteiger partial charge in [0.15, 0.2) is 16.4 Å². The molecule has 9 nitrogen and oxygen atoms in total. The molecule has 0 saturated carbocycles. The second kappa shape index (κ2) is 13.5. The van der Waals surface area contributed by atoms with Crippen LogP contribution in [0.1, 0.15) is 25.8 Å². The first-order valence-corrected chi connectivity index (χ1v) is 15.1. The number of nitrogens with zero attached hydrogens (tertiary/aromatic N) is 1. The van der Waals surface area contributed by atoms with Crippen molar-refractivity contribution in [2.24, 2.45) is 5.92 Å². The van der Waals surface area contributed by atoms with Crippen LogP contribution in [0.2, 0.25) is 10.0 Å². The van der Waals surface area contributed by atoms with Crippen molar-refractivity contribution in [2.45, 2.75) is 49.5 Å². The molecule has 2 aromatic rings. The highest BCUT2D eigenvalue weighted by Crippen LogP contribution is 2.29. The smallest absolute Gasteiger partial charge is 0.452 e. The molecule has 42 heavy (non-hydrogen) atoms. The summed E-state index contributed by atoms with van der Waals surface area (Å²) in [5.74, 6) is -4.79. The molecule has 230 valence electrons. The summed E-state index contributed by atoms with van der Waals surface area (Å²) in [6.45, 7) is 1.56. The number of rotatable bonds is 11. The van der Waals surface area contributed by atoms with Crippen LogP contribution in [0.5, 0.6) is 11.5 Å². The van der Waals surface area contributed by atoms with E-state index in [4.69, 9.17) is 32.7 Å². The lowest BCUT2D eigenvalue weighted by atomic mass is 9.98. The van der Waals surface area contributed by atoms with Gasteiger partial charge < -0.3 is 19.7 Å². The van der Waals surface area contributed by atoms with E-state index in [1.807, 2.05) is 0 Å². The molecule has 0 spiro atoms. The number of ether oxygens (including phenoxy) is 2. The van der Waals surface area contributed by atoms with Crippen molar-refractivity contribution < 1.29 is 45.4 Å². The van der Waals surface area contributed by atoms with E-state index < -0.39 is 82.2 Å². The number of carbonyl (C=O) groups is 3. The summed E-state index contributed by atoms with van der Waals surface area (Å²) in [5.41, 5.74) is 0.429. The van der Waals surface area contributed by atoms with E-state index in [0.717, 1.165) is 4.90 Å². The van der Waals surface area contributed by atoms with Crippen molar-refractivity contribution in [3.05, 3.63) is 58.1 Å². The Morgan fingerprint density at radius 2 is 1.64 bits per heavy atom. The molecule has 0 bridgehead atoms. The Labute approximate surface area is 251 Å². The molecule has 1 saturated heterocycles. The Morgan fingerprint density at radius 1 is 1.05 bits per heavy atom. The van der Waals surface area contributed by atoms with Crippen LogP contribution >= 0.6 is 23.2 Å². The molecule has 2 amide bonds. The van der Waals surface area contributed by atoms with Gasteiger partial charge in [-0.15, -0.1) is 0 Å². The number of carbonyl (C=O) groups excluding carboxylic acids is 3. The number of alkyl halides is 3. The van der Waals surface area contributed by atoms with Crippen LogP contribution in [0.4, 0.5) is 13.2 Å². The second-order valence-corrected chi connectivity index (χ2v) is 13.2. The van der Waals surface area contributed by atoms with E-state index in [1.165, 1.54) is 39.2 Å². The van der Waals surface area contributed by atoms with Crippen molar-refractivity contribution in [3.8, 4) is 11.5 Å². The number of likely N-dealkylation sites (tertiary alicyclic amines) is 1. The predicted octanol–water partition coefficient (Wildman–Crippen LogP) is 4.24. The average molecular weight is 654 g/mol. The number of hydrogen-bond acceptors (Lipinski definition) is 7. The lowest BCUT2D eigenvalue weighted by Gasteiger charge is -2.27. The molecule has 2 aromatic carbocycles. The fourth-order valence-electron chi connectivity index (χ4n) is 4.45. The second-order valence-electron chi connectivity index (χ2n) is 10.1. The highest BCUT2D eigenvalue weighted by Gasteiger charge is 2.48. The Balaban J connectivity index is 1.86. The normalized spacial score (nSPS) is 18.1. The Hall–Kier alpha value is -3.03. The van der Waals surface area contributed by atoms with Crippen LogP contribution < -0.4 is 14.8 Å². The van der Waals surface area contributed by atoms with Gasteiger partial charge in [0.1, 0.15) is 17.5 Å². The van der Waals surface area contributed by atoms with E-state index >= 15 is 0 Å². The molecule has 1 heterocycles. The Kier molecular flexibility index (Phi) is 10.8. The number of methoxy groups -OCH3 is 1. The zero-order chi connectivity index (χ0) is 31.4. The first-order chi connectivity index (χ1) is 19.5. The summed E-state index contributed by atoms with van der Waals surface area (Å²) < 4.78 is 76.8. The van der Waals surface area contributed by atoms with Crippen molar-refractivity contribution >= 4 is 50.6 Å². The van der Waals surface area contributed by atoms with Crippen molar-refractivity contribution in [2.75, 3.05) is 20.3 Å². The molecule has 3 rings (SSSR count). The summed E-state index contributed by atoms with van der Waals surface area (Å²) in [7, 11) is -2.51. The number of hydrogen-bond donors (Lipinski definition) is 1. The molecule has 1 aliphatic rings. The number of halogens is 5. The fraction of sp³-hybridized carbons (Fsp3) is 0.444. The topological polar surface area (TPSA) is 119 Å². The highest BCUT2D eigenvalue weighted by molar-refractivity contribution is 7.91. The van der Waals surface area contributed by atoms with Crippen molar-refractivity contribution in [1.82, 2.24) is 10.2 Å². The minimum absolute atomic E-state index is 0.125. The molecular weight excluding hydrogens is 624 g/mol. The quantitative estimate of drug-likeness (QED) is 0.386. The van der Waals surface area contributed by atoms with Gasteiger partial charge in [-0.05, 0) is 48.2 Å². The number of sulfone groups is 1. The van der Waals surface area contributed by atoms with Gasteiger partial charge in [-0.1, -0.05) is 49.2 Å². The molecule has 0 aromatic heterocycles. The number of benzene rings is 2. The van der Waals surface area contributed by atoms with Crippen LogP contribution in [0.25, 0.3) is 0 Å². The Morgan fingerprint density at radius 3 is 2.17 bits per heavy atom. The van der Waals surface area contributed by atoms with E-state index in [2.05, 4.69) is 5.32 Å². The van der Waals surface area contributed by atoms with Crippen LogP contribution in [-0.2, 0) is 30.0 Å². The molecule has 15 heteroatoms. The van der Waals surface area contributed by atoms with Gasteiger partial charge in [-0.2, -0.15) is 13.2 Å². The number of Topliss-reactive ketones (excluding diaryl/α,β-unsaturated/α-hetero) is 1. The average Bonchev–Trinajstić information content (AvgIpc) is 3.36. The van der Waals surface area contributed by atoms with Gasteiger partial charge in [-0.25, -0.2) is 8.42 Å². The first-order valence-electron chi connectivity index (χ1n) is 12.7. The van der Waals surface area contributed by atoms with Gasteiger partial charge in [-0.3, -0.25) is 14.4 Å². The molecule has 0 radical (unpaired) electrons. The zero-order valence-electron chi connectivity index (χ0n) is 22.8. The van der Waals surface area contributed by atoms with Crippen molar-refractivity contribution in [1.29, 1.82) is 0 Å². The highest BCUT2D eigenvalue weighted by atomic mass is 35.5. The fourth-order valence-corrected chi connectivity index (χ4v) is 6.72. The van der Waals surface area contributed by atoms with Crippen molar-refractivity contribution in [3.63, 3.8) is 0 Å². The predicted molar refractivity (Wildman–Crippen MR) is 149 cm³/mol. The third-order valence-corrected chi connectivity index (χ3v) is 9.17. The van der Waals surface area contributed by atoms with Gasteiger partial charge in [0.2, 0.25) is 5.91 Å². The van der Waals surface area contributed by atoms with Gasteiger partial charge in [0, 0.05) is 16.6 Å². The number of amides is 2. The third kappa shape index (κ3) is 8.51. The van der Waals surface area contributed by atoms with Gasteiger partial charge >= 0.3 is 6.18 Å². The summed E-state index contributed by atoms with van der Waals surface area (Å²) in [6.07, 6.45) is -5.62. The van der Waals surface area contributed by atoms with Crippen LogP contribution in [0, 0.1) is 5.92 Å². The molecule has 1 fully saturated rings. The summed E-state index contributed by atoms with van der Waals surface area (Å²) in [5, 5.41) is 1.31. The lowest BCUT2D eigenvalue weighted by Crippen LogP contribution is -2.55. The largest absolute Gasteiger partial charge is 0.497 e. The minimum Gasteiger partial charge on any atom is -0.497 e. The third-order valence-electron chi connectivity index (χ3n) is 6.65. The van der Waals surface area contributed by atoms with E-state index in [0.29, 0.717) is 11.3 Å². The van der Waals surface area contributed by atoms with Crippen LogP contribution in [0.3, 0.4) is 0 Å². The SMILES string of the molecule is COc1ccc(CS(=O)(=O)[C@@H]2C[C@@H](C(=O)NC(C(=O)C(F)(F)F)C(C)C)N(C(=O)COc3cc(Cl)cc(Cl)c3)C2)cc1. The van der Waals surface area contributed by atoms with Gasteiger partial charge in [0.25, 0.3) is 11.7 Å². The van der Waals surface area contributed by atoms with Crippen LogP contribution in [-0.4, -0.2) is 74.7 Å². The molecule has 1 aliphatic heterocycles. The zero-order valence-corrected chi connectivity index (χ0v) is 25.1. The maximum absolute atomic E-state index is 13.4. The number of ketones is 1. The number of nitrogens with one attached hydrogen (secondary N) is 1. The summed E-state index contributed by atoms with van der Waals surface area (Å²) >= 11 is 11.9. The van der Waals surface area contributed by atoms with Gasteiger partial charge in [0.05, 0.1) is 24.2 Å². The minimum atomic E-state index is -5.22. The molecule has 3 atom stereocenters. The van der Waals surface area contributed by atoms with Crippen LogP contribution in [0.15, 0.2) is 42.5 Å².